The Morgan fingerprint density at radius 1 is 1.15 bits per heavy atom. The summed E-state index contributed by atoms with van der Waals surface area (Å²) in [5.74, 6) is 1.93. The van der Waals surface area contributed by atoms with Crippen molar-refractivity contribution in [3.05, 3.63) is 46.9 Å². The number of hydrogen-bond donors (Lipinski definition) is 1. The lowest BCUT2D eigenvalue weighted by Crippen LogP contribution is -2.46. The molecule has 1 fully saturated rings. The third-order valence-electron chi connectivity index (χ3n) is 5.91. The van der Waals surface area contributed by atoms with Crippen molar-refractivity contribution in [2.45, 2.75) is 26.3 Å². The largest absolute Gasteiger partial charge is 0.496 e. The summed E-state index contributed by atoms with van der Waals surface area (Å²) in [7, 11) is 1.66. The highest BCUT2D eigenvalue weighted by Crippen LogP contribution is 2.29. The molecular weight excluding hydrogens is 438 g/mol. The van der Waals surface area contributed by atoms with Gasteiger partial charge < -0.3 is 29.3 Å². The molecule has 1 N–H and O–H groups in total. The van der Waals surface area contributed by atoms with Gasteiger partial charge >= 0.3 is 12.0 Å². The number of urea groups is 1. The molecule has 2 amide bonds. The van der Waals surface area contributed by atoms with Crippen molar-refractivity contribution in [2.24, 2.45) is 0 Å². The Bertz CT molecular complexity index is 1020. The summed E-state index contributed by atoms with van der Waals surface area (Å²) in [4.78, 5) is 38.0. The highest BCUT2D eigenvalue weighted by Gasteiger charge is 2.28. The maximum atomic E-state index is 12.7. The zero-order valence-electron chi connectivity index (χ0n) is 19.7. The van der Waals surface area contributed by atoms with E-state index in [1.807, 2.05) is 24.3 Å². The zero-order valence-corrected chi connectivity index (χ0v) is 19.7. The van der Waals surface area contributed by atoms with Gasteiger partial charge in [-0.1, -0.05) is 18.2 Å². The number of nitrogens with zero attached hydrogens (tertiary/aromatic N) is 4. The third-order valence-corrected chi connectivity index (χ3v) is 5.91. The topological polar surface area (TPSA) is 106 Å². The summed E-state index contributed by atoms with van der Waals surface area (Å²) < 4.78 is 15.9. The number of amides is 2. The molecule has 1 aromatic carbocycles. The molecule has 0 radical (unpaired) electrons. The molecule has 2 aliphatic heterocycles. The van der Waals surface area contributed by atoms with Crippen LogP contribution < -0.4 is 15.0 Å². The van der Waals surface area contributed by atoms with Crippen LogP contribution in [0.15, 0.2) is 24.3 Å². The first-order chi connectivity index (χ1) is 16.6. The van der Waals surface area contributed by atoms with Gasteiger partial charge in [0.25, 0.3) is 0 Å². The number of benzene rings is 1. The number of nitrogens with one attached hydrogen (secondary N) is 1. The lowest BCUT2D eigenvalue weighted by molar-refractivity contribution is -0.141. The van der Waals surface area contributed by atoms with Crippen LogP contribution in [0.5, 0.6) is 5.75 Å². The number of para-hydroxylation sites is 1. The van der Waals surface area contributed by atoms with Crippen molar-refractivity contribution in [3.8, 4) is 5.75 Å². The number of fused-ring (bicyclic) bond motifs is 1. The first-order valence-corrected chi connectivity index (χ1v) is 11.6. The summed E-state index contributed by atoms with van der Waals surface area (Å²) in [6.07, 6.45) is 1.17. The molecule has 0 atom stereocenters. The fourth-order valence-corrected chi connectivity index (χ4v) is 4.23. The molecular formula is C24H31N5O5. The molecule has 2 aromatic rings. The number of methoxy groups -OCH3 is 1. The van der Waals surface area contributed by atoms with Crippen molar-refractivity contribution in [1.82, 2.24) is 20.2 Å². The van der Waals surface area contributed by atoms with E-state index in [1.54, 1.807) is 18.9 Å². The Balaban J connectivity index is 1.58. The molecule has 0 saturated carbocycles. The van der Waals surface area contributed by atoms with Gasteiger partial charge in [-0.25, -0.2) is 14.8 Å². The van der Waals surface area contributed by atoms with E-state index in [0.29, 0.717) is 39.1 Å². The minimum absolute atomic E-state index is 0.152. The van der Waals surface area contributed by atoms with Crippen molar-refractivity contribution in [1.29, 1.82) is 0 Å². The van der Waals surface area contributed by atoms with Crippen molar-refractivity contribution in [2.75, 3.05) is 58.0 Å². The van der Waals surface area contributed by atoms with Gasteiger partial charge in [-0.15, -0.1) is 0 Å². The summed E-state index contributed by atoms with van der Waals surface area (Å²) >= 11 is 0. The van der Waals surface area contributed by atoms with E-state index >= 15 is 0 Å². The second-order valence-electron chi connectivity index (χ2n) is 8.11. The average Bonchev–Trinajstić information content (AvgIpc) is 2.87. The van der Waals surface area contributed by atoms with Gasteiger partial charge in [0.1, 0.15) is 23.9 Å². The van der Waals surface area contributed by atoms with E-state index in [2.05, 4.69) is 10.2 Å². The molecule has 10 heteroatoms. The Hall–Kier alpha value is -3.40. The van der Waals surface area contributed by atoms with Crippen LogP contribution in [0.2, 0.25) is 0 Å². The highest BCUT2D eigenvalue weighted by molar-refractivity contribution is 5.81. The van der Waals surface area contributed by atoms with Gasteiger partial charge in [0.2, 0.25) is 0 Å². The predicted octanol–water partition coefficient (Wildman–Crippen LogP) is 1.54. The van der Waals surface area contributed by atoms with Gasteiger partial charge in [0, 0.05) is 43.6 Å². The Morgan fingerprint density at radius 3 is 2.71 bits per heavy atom. The molecule has 4 rings (SSSR count). The second-order valence-corrected chi connectivity index (χ2v) is 8.11. The van der Waals surface area contributed by atoms with Crippen LogP contribution in [-0.4, -0.2) is 80.0 Å². The summed E-state index contributed by atoms with van der Waals surface area (Å²) in [5.41, 5.74) is 2.92. The first-order valence-electron chi connectivity index (χ1n) is 11.6. The Labute approximate surface area is 199 Å². The number of rotatable bonds is 7. The molecule has 10 nitrogen and oxygen atoms in total. The van der Waals surface area contributed by atoms with Crippen LogP contribution in [0.1, 0.15) is 29.6 Å². The zero-order chi connectivity index (χ0) is 23.9. The van der Waals surface area contributed by atoms with E-state index in [4.69, 9.17) is 24.2 Å². The number of esters is 1. The molecule has 1 saturated heterocycles. The molecule has 0 spiro atoms. The normalized spacial score (nSPS) is 15.5. The number of hydrogen-bond acceptors (Lipinski definition) is 8. The minimum Gasteiger partial charge on any atom is -0.496 e. The van der Waals surface area contributed by atoms with E-state index in [-0.39, 0.29) is 19.2 Å². The number of carbonyl (C=O) groups excluding carboxylic acids is 2. The maximum Gasteiger partial charge on any atom is 0.325 e. The lowest BCUT2D eigenvalue weighted by Gasteiger charge is -2.34. The number of anilines is 1. The maximum absolute atomic E-state index is 12.7. The van der Waals surface area contributed by atoms with E-state index < -0.39 is 5.97 Å². The lowest BCUT2D eigenvalue weighted by atomic mass is 10.0. The number of ether oxygens (including phenoxy) is 3. The van der Waals surface area contributed by atoms with Gasteiger partial charge in [-0.2, -0.15) is 0 Å². The van der Waals surface area contributed by atoms with E-state index in [9.17, 15) is 9.59 Å². The van der Waals surface area contributed by atoms with Crippen LogP contribution in [0, 0.1) is 0 Å². The summed E-state index contributed by atoms with van der Waals surface area (Å²) in [6, 6.07) is 7.57. The monoisotopic (exact) mass is 469 g/mol. The van der Waals surface area contributed by atoms with Gasteiger partial charge in [-0.05, 0) is 13.0 Å². The first kappa shape index (κ1) is 23.7. The summed E-state index contributed by atoms with van der Waals surface area (Å²) in [5, 5.41) is 2.65. The third kappa shape index (κ3) is 5.56. The van der Waals surface area contributed by atoms with Crippen molar-refractivity contribution < 1.29 is 23.8 Å². The van der Waals surface area contributed by atoms with Gasteiger partial charge in [-0.3, -0.25) is 4.79 Å². The van der Waals surface area contributed by atoms with Gasteiger partial charge in [0.05, 0.1) is 39.2 Å². The number of morpholine rings is 1. The fraction of sp³-hybridized carbons (Fsp3) is 0.500. The molecule has 0 unspecified atom stereocenters. The highest BCUT2D eigenvalue weighted by atomic mass is 16.5. The molecule has 1 aromatic heterocycles. The molecule has 2 aliphatic rings. The SMILES string of the molecule is CCOC(=O)CNC(=O)N1CCc2nc(Cc3ccccc3OC)nc(N3CCOCC3)c2C1. The minimum atomic E-state index is -0.452. The standard InChI is InChI=1S/C24H31N5O5/c1-3-34-22(30)15-25-24(31)29-9-8-19-18(16-29)23(28-10-12-33-13-11-28)27-21(26-19)14-17-6-4-5-7-20(17)32-2/h4-7H,3,8-16H2,1-2H3,(H,25,31). The van der Waals surface area contributed by atoms with E-state index in [0.717, 1.165) is 47.3 Å². The van der Waals surface area contributed by atoms with Crippen LogP contribution in [0.3, 0.4) is 0 Å². The molecule has 0 bridgehead atoms. The van der Waals surface area contributed by atoms with Gasteiger partial charge in [0.15, 0.2) is 0 Å². The van der Waals surface area contributed by atoms with Crippen LogP contribution in [-0.2, 0) is 33.7 Å². The average molecular weight is 470 g/mol. The van der Waals surface area contributed by atoms with Crippen LogP contribution in [0.4, 0.5) is 10.6 Å². The Kier molecular flexibility index (Phi) is 7.79. The predicted molar refractivity (Wildman–Crippen MR) is 125 cm³/mol. The molecule has 34 heavy (non-hydrogen) atoms. The van der Waals surface area contributed by atoms with E-state index in [1.165, 1.54) is 0 Å². The molecule has 182 valence electrons. The Morgan fingerprint density at radius 2 is 1.94 bits per heavy atom. The van der Waals surface area contributed by atoms with Crippen LogP contribution >= 0.6 is 0 Å². The fourth-order valence-electron chi connectivity index (χ4n) is 4.23. The quantitative estimate of drug-likeness (QED) is 0.609. The number of carbonyl (C=O) groups is 2. The van der Waals surface area contributed by atoms with Crippen molar-refractivity contribution >= 4 is 17.8 Å². The number of aromatic nitrogens is 2. The smallest absolute Gasteiger partial charge is 0.325 e. The second kappa shape index (κ2) is 11.1. The molecule has 3 heterocycles. The summed E-state index contributed by atoms with van der Waals surface area (Å²) in [6.45, 7) is 5.47. The van der Waals surface area contributed by atoms with Crippen molar-refractivity contribution in [3.63, 3.8) is 0 Å². The molecule has 0 aliphatic carbocycles. The van der Waals surface area contributed by atoms with Crippen LogP contribution in [0.25, 0.3) is 0 Å².